The lowest BCUT2D eigenvalue weighted by atomic mass is 10.1. The van der Waals surface area contributed by atoms with Crippen molar-refractivity contribution in [2.24, 2.45) is 0 Å². The molecule has 0 saturated carbocycles. The molecule has 0 radical (unpaired) electrons. The number of aromatic nitrogens is 3. The van der Waals surface area contributed by atoms with Crippen LogP contribution in [0.3, 0.4) is 0 Å². The first-order valence-electron chi connectivity index (χ1n) is 7.58. The summed E-state index contributed by atoms with van der Waals surface area (Å²) in [6.07, 6.45) is 1.33. The molecule has 0 spiro atoms. The third-order valence-electron chi connectivity index (χ3n) is 3.56. The molecule has 9 heteroatoms. The van der Waals surface area contributed by atoms with Gasteiger partial charge in [-0.05, 0) is 18.2 Å². The van der Waals surface area contributed by atoms with E-state index in [0.29, 0.717) is 22.9 Å². The maximum Gasteiger partial charge on any atom is 0.272 e. The van der Waals surface area contributed by atoms with E-state index in [1.165, 1.54) is 26.5 Å². The number of methoxy groups -OCH3 is 2. The summed E-state index contributed by atoms with van der Waals surface area (Å²) in [7, 11) is 2.89. The Morgan fingerprint density at radius 2 is 1.92 bits per heavy atom. The normalized spacial score (nSPS) is 10.4. The minimum absolute atomic E-state index is 0.0989. The Balaban J connectivity index is 1.89. The van der Waals surface area contributed by atoms with E-state index >= 15 is 0 Å². The highest BCUT2D eigenvalue weighted by atomic mass is 16.5. The predicted octanol–water partition coefficient (Wildman–Crippen LogP) is 2.00. The molecule has 134 valence electrons. The van der Waals surface area contributed by atoms with Crippen LogP contribution in [0.2, 0.25) is 0 Å². The van der Waals surface area contributed by atoms with Crippen molar-refractivity contribution in [3.63, 3.8) is 0 Å². The number of pyridine rings is 1. The van der Waals surface area contributed by atoms with Gasteiger partial charge in [-0.3, -0.25) is 9.59 Å². The van der Waals surface area contributed by atoms with Gasteiger partial charge in [0.15, 0.2) is 5.75 Å². The zero-order valence-corrected chi connectivity index (χ0v) is 14.3. The van der Waals surface area contributed by atoms with E-state index < -0.39 is 11.3 Å². The van der Waals surface area contributed by atoms with E-state index in [4.69, 9.17) is 13.9 Å². The van der Waals surface area contributed by atoms with Gasteiger partial charge in [0.1, 0.15) is 11.4 Å². The average Bonchev–Trinajstić information content (AvgIpc) is 3.07. The van der Waals surface area contributed by atoms with Crippen molar-refractivity contribution >= 4 is 11.6 Å². The van der Waals surface area contributed by atoms with E-state index in [2.05, 4.69) is 20.5 Å². The monoisotopic (exact) mass is 356 g/mol. The maximum atomic E-state index is 12.4. The summed E-state index contributed by atoms with van der Waals surface area (Å²) in [6.45, 7) is 1.68. The Bertz CT molecular complexity index is 1010. The van der Waals surface area contributed by atoms with Crippen LogP contribution < -0.4 is 20.2 Å². The van der Waals surface area contributed by atoms with Crippen LogP contribution in [0.15, 0.2) is 39.7 Å². The molecule has 0 saturated heterocycles. The van der Waals surface area contributed by atoms with E-state index in [1.807, 2.05) is 0 Å². The average molecular weight is 356 g/mol. The highest BCUT2D eigenvalue weighted by Crippen LogP contribution is 2.31. The lowest BCUT2D eigenvalue weighted by Crippen LogP contribution is -2.17. The number of nitrogens with one attached hydrogen (secondary N) is 2. The Kier molecular flexibility index (Phi) is 4.70. The zero-order valence-electron chi connectivity index (χ0n) is 14.3. The van der Waals surface area contributed by atoms with Gasteiger partial charge < -0.3 is 24.2 Å². The van der Waals surface area contributed by atoms with Crippen molar-refractivity contribution in [2.45, 2.75) is 6.92 Å². The molecule has 0 unspecified atom stereocenters. The summed E-state index contributed by atoms with van der Waals surface area (Å²) in [5.41, 5.74) is 0.711. The van der Waals surface area contributed by atoms with E-state index in [9.17, 15) is 9.59 Å². The number of carbonyl (C=O) groups is 1. The van der Waals surface area contributed by atoms with E-state index in [-0.39, 0.29) is 17.3 Å². The molecule has 1 amide bonds. The number of aryl methyl sites for hydroxylation is 1. The highest BCUT2D eigenvalue weighted by Gasteiger charge is 2.15. The van der Waals surface area contributed by atoms with Crippen LogP contribution in [0, 0.1) is 6.92 Å². The molecule has 2 heterocycles. The Hall–Kier alpha value is -3.62. The molecule has 0 aliphatic carbocycles. The van der Waals surface area contributed by atoms with Crippen LogP contribution in [0.4, 0.5) is 5.69 Å². The topological polar surface area (TPSA) is 119 Å². The summed E-state index contributed by atoms with van der Waals surface area (Å²) in [5.74, 6) is 0.840. The molecule has 2 aromatic heterocycles. The number of hydrogen-bond acceptors (Lipinski definition) is 7. The molecule has 3 aromatic rings. The van der Waals surface area contributed by atoms with Gasteiger partial charge in [-0.25, -0.2) is 0 Å². The first-order valence-corrected chi connectivity index (χ1v) is 7.58. The van der Waals surface area contributed by atoms with Gasteiger partial charge >= 0.3 is 0 Å². The van der Waals surface area contributed by atoms with Crippen LogP contribution in [0.5, 0.6) is 11.5 Å². The number of ether oxygens (including phenoxy) is 2. The third kappa shape index (κ3) is 3.41. The molecule has 3 rings (SSSR count). The number of rotatable bonds is 5. The van der Waals surface area contributed by atoms with Crippen molar-refractivity contribution in [3.05, 3.63) is 52.3 Å². The fraction of sp³-hybridized carbons (Fsp3) is 0.176. The van der Waals surface area contributed by atoms with Crippen molar-refractivity contribution in [3.8, 4) is 23.0 Å². The van der Waals surface area contributed by atoms with Gasteiger partial charge in [-0.1, -0.05) is 0 Å². The molecule has 0 bridgehead atoms. The van der Waals surface area contributed by atoms with E-state index in [0.717, 1.165) is 0 Å². The first-order chi connectivity index (χ1) is 12.5. The van der Waals surface area contributed by atoms with Crippen LogP contribution in [0.25, 0.3) is 11.5 Å². The fourth-order valence-electron chi connectivity index (χ4n) is 2.31. The molecule has 1 aromatic carbocycles. The largest absolute Gasteiger partial charge is 0.496 e. The maximum absolute atomic E-state index is 12.4. The number of H-pyrrole nitrogens is 1. The van der Waals surface area contributed by atoms with Gasteiger partial charge in [-0.2, -0.15) is 0 Å². The second-order valence-corrected chi connectivity index (χ2v) is 5.27. The number of hydrogen-bond donors (Lipinski definition) is 2. The van der Waals surface area contributed by atoms with Crippen LogP contribution in [-0.2, 0) is 0 Å². The number of nitrogens with zero attached hydrogens (tertiary/aromatic N) is 2. The molecule has 0 fully saturated rings. The minimum Gasteiger partial charge on any atom is -0.496 e. The van der Waals surface area contributed by atoms with Gasteiger partial charge in [0.25, 0.3) is 11.8 Å². The number of amides is 1. The van der Waals surface area contributed by atoms with Gasteiger partial charge in [0.2, 0.25) is 11.3 Å². The van der Waals surface area contributed by atoms with Gasteiger partial charge in [0.05, 0.1) is 19.8 Å². The second-order valence-electron chi connectivity index (χ2n) is 5.27. The van der Waals surface area contributed by atoms with Crippen molar-refractivity contribution < 1.29 is 18.7 Å². The second kappa shape index (κ2) is 7.09. The number of benzene rings is 1. The van der Waals surface area contributed by atoms with Crippen molar-refractivity contribution in [2.75, 3.05) is 19.5 Å². The molecular formula is C17H16N4O5. The molecule has 2 N–H and O–H groups in total. The summed E-state index contributed by atoms with van der Waals surface area (Å²) >= 11 is 0. The highest BCUT2D eigenvalue weighted by molar-refractivity contribution is 6.03. The molecule has 0 atom stereocenters. The predicted molar refractivity (Wildman–Crippen MR) is 92.6 cm³/mol. The minimum atomic E-state index is -0.484. The molecule has 9 nitrogen and oxygen atoms in total. The van der Waals surface area contributed by atoms with Gasteiger partial charge in [0, 0.05) is 24.9 Å². The molecule has 26 heavy (non-hydrogen) atoms. The summed E-state index contributed by atoms with van der Waals surface area (Å²) in [4.78, 5) is 26.9. The lowest BCUT2D eigenvalue weighted by molar-refractivity contribution is 0.102. The standard InChI is InChI=1S/C17H16N4O5/c1-9-20-21-17(26-9)11-6-10(4-5-14(11)24-2)19-16(23)12-7-13(22)15(25-3)8-18-12/h4-8H,1-3H3,(H,18,22)(H,19,23). The van der Waals surface area contributed by atoms with Gasteiger partial charge in [-0.15, -0.1) is 10.2 Å². The summed E-state index contributed by atoms with van der Waals surface area (Å²) in [5, 5.41) is 10.5. The quantitative estimate of drug-likeness (QED) is 0.717. The first kappa shape index (κ1) is 17.2. The van der Waals surface area contributed by atoms with Crippen LogP contribution >= 0.6 is 0 Å². The summed E-state index contributed by atoms with van der Waals surface area (Å²) in [6, 6.07) is 6.14. The van der Waals surface area contributed by atoms with E-state index in [1.54, 1.807) is 25.1 Å². The Morgan fingerprint density at radius 1 is 1.15 bits per heavy atom. The van der Waals surface area contributed by atoms with Crippen LogP contribution in [-0.4, -0.2) is 35.3 Å². The van der Waals surface area contributed by atoms with Crippen molar-refractivity contribution in [1.82, 2.24) is 15.2 Å². The number of carbonyl (C=O) groups excluding carboxylic acids is 1. The van der Waals surface area contributed by atoms with Crippen LogP contribution in [0.1, 0.15) is 16.4 Å². The zero-order chi connectivity index (χ0) is 18.7. The van der Waals surface area contributed by atoms with Crippen molar-refractivity contribution in [1.29, 1.82) is 0 Å². The lowest BCUT2D eigenvalue weighted by Gasteiger charge is -2.10. The molecule has 0 aliphatic rings. The fourth-order valence-corrected chi connectivity index (χ4v) is 2.31. The third-order valence-corrected chi connectivity index (χ3v) is 3.56. The smallest absolute Gasteiger partial charge is 0.272 e. The SMILES string of the molecule is COc1ccc(NC(=O)c2cc(=O)c(OC)c[nH]2)cc1-c1nnc(C)o1. The Labute approximate surface area is 148 Å². The Morgan fingerprint density at radius 3 is 2.54 bits per heavy atom. The number of anilines is 1. The molecular weight excluding hydrogens is 340 g/mol. The summed E-state index contributed by atoms with van der Waals surface area (Å²) < 4.78 is 15.6. The molecule has 0 aliphatic heterocycles. The number of aromatic amines is 1.